The Hall–Kier alpha value is -1.14. The fourth-order valence-corrected chi connectivity index (χ4v) is 3.11. The number of nitrogens with zero attached hydrogens (tertiary/aromatic N) is 1. The molecule has 0 radical (unpaired) electrons. The first-order chi connectivity index (χ1) is 11.3. The second-order valence-corrected chi connectivity index (χ2v) is 7.47. The largest absolute Gasteiger partial charge is 0.480 e. The summed E-state index contributed by atoms with van der Waals surface area (Å²) in [5, 5.41) is 12.9. The van der Waals surface area contributed by atoms with E-state index in [9.17, 15) is 4.79 Å². The van der Waals surface area contributed by atoms with E-state index in [2.05, 4.69) is 38.0 Å². The molecule has 0 amide bonds. The van der Waals surface area contributed by atoms with Crippen LogP contribution in [0.25, 0.3) is 0 Å². The lowest BCUT2D eigenvalue weighted by molar-refractivity contribution is -0.140. The highest BCUT2D eigenvalue weighted by molar-refractivity contribution is 7.15. The molecule has 0 aliphatic heterocycles. The zero-order chi connectivity index (χ0) is 18.5. The van der Waals surface area contributed by atoms with E-state index < -0.39 is 5.97 Å². The van der Waals surface area contributed by atoms with E-state index in [-0.39, 0.29) is 6.04 Å². The molecule has 1 aromatic heterocycles. The molecule has 0 fully saturated rings. The van der Waals surface area contributed by atoms with Gasteiger partial charge in [-0.3, -0.25) is 4.79 Å². The lowest BCUT2D eigenvalue weighted by atomic mass is 10.0. The van der Waals surface area contributed by atoms with Crippen molar-refractivity contribution < 1.29 is 9.90 Å². The molecule has 1 aromatic rings. The number of carboxylic acids is 1. The number of rotatable bonds is 10. The summed E-state index contributed by atoms with van der Waals surface area (Å²) in [5.41, 5.74) is 5.42. The Morgan fingerprint density at radius 3 is 2.04 bits per heavy atom. The molecule has 0 bridgehead atoms. The van der Waals surface area contributed by atoms with Crippen LogP contribution in [0.2, 0.25) is 0 Å². The fraction of sp³-hybridized carbons (Fsp3) is 0.778. The van der Waals surface area contributed by atoms with Crippen LogP contribution in [-0.4, -0.2) is 28.1 Å². The highest BCUT2D eigenvalue weighted by Crippen LogP contribution is 2.22. The molecule has 4 N–H and O–H groups in total. The second-order valence-electron chi connectivity index (χ2n) is 6.38. The average Bonchev–Trinajstić information content (AvgIpc) is 2.95. The molecule has 24 heavy (non-hydrogen) atoms. The molecule has 5 nitrogen and oxygen atoms in total. The van der Waals surface area contributed by atoms with Gasteiger partial charge in [0.25, 0.3) is 0 Å². The third-order valence-electron chi connectivity index (χ3n) is 3.70. The van der Waals surface area contributed by atoms with Crippen molar-refractivity contribution in [3.63, 3.8) is 0 Å². The van der Waals surface area contributed by atoms with Gasteiger partial charge in [0.2, 0.25) is 0 Å². The Morgan fingerprint density at radius 2 is 1.75 bits per heavy atom. The van der Waals surface area contributed by atoms with Crippen LogP contribution in [0.4, 0.5) is 5.13 Å². The number of hydrogen-bond donors (Lipinski definition) is 3. The number of thiazole rings is 1. The van der Waals surface area contributed by atoms with Gasteiger partial charge in [0.05, 0.1) is 0 Å². The minimum absolute atomic E-state index is 0.363. The zero-order valence-electron chi connectivity index (χ0n) is 15.8. The van der Waals surface area contributed by atoms with Crippen molar-refractivity contribution in [3.8, 4) is 0 Å². The Balaban J connectivity index is 0.000000496. The van der Waals surface area contributed by atoms with Crippen molar-refractivity contribution in [3.05, 3.63) is 11.1 Å². The van der Waals surface area contributed by atoms with Gasteiger partial charge >= 0.3 is 5.97 Å². The second kappa shape index (κ2) is 13.2. The summed E-state index contributed by atoms with van der Waals surface area (Å²) in [6, 6.07) is 0.00532. The number of nitrogen functional groups attached to an aromatic ring is 1. The molecule has 0 aliphatic carbocycles. The van der Waals surface area contributed by atoms with E-state index in [1.165, 1.54) is 4.88 Å². The van der Waals surface area contributed by atoms with E-state index in [0.717, 1.165) is 38.5 Å². The molecular formula is C18H35N3O2S. The third-order valence-corrected chi connectivity index (χ3v) is 4.82. The number of carboxylic acid groups (broad SMARTS) is 1. The maximum absolute atomic E-state index is 11.0. The van der Waals surface area contributed by atoms with Gasteiger partial charge in [-0.05, 0) is 25.2 Å². The Bertz CT molecular complexity index is 443. The SMILES string of the molecule is CC(C)c1cnc(N)s1.CCCC(CCC)N[C@@H](CCC)C(=O)O. The number of carbonyl (C=O) groups is 1. The van der Waals surface area contributed by atoms with Crippen LogP contribution in [0.3, 0.4) is 0 Å². The Morgan fingerprint density at radius 1 is 1.21 bits per heavy atom. The van der Waals surface area contributed by atoms with Gasteiger partial charge in [0.15, 0.2) is 5.13 Å². The van der Waals surface area contributed by atoms with Crippen molar-refractivity contribution in [2.45, 2.75) is 91.1 Å². The molecule has 1 rings (SSSR count). The highest BCUT2D eigenvalue weighted by atomic mass is 32.1. The molecule has 0 unspecified atom stereocenters. The van der Waals surface area contributed by atoms with Crippen LogP contribution < -0.4 is 11.1 Å². The summed E-state index contributed by atoms with van der Waals surface area (Å²) < 4.78 is 0. The Kier molecular flexibility index (Phi) is 12.6. The molecule has 0 saturated heterocycles. The van der Waals surface area contributed by atoms with Gasteiger partial charge in [-0.2, -0.15) is 0 Å². The number of aromatic nitrogens is 1. The van der Waals surface area contributed by atoms with Gasteiger partial charge in [-0.25, -0.2) is 4.98 Å². The summed E-state index contributed by atoms with van der Waals surface area (Å²) in [6.45, 7) is 10.6. The number of nitrogens with one attached hydrogen (secondary N) is 1. The topological polar surface area (TPSA) is 88.2 Å². The summed E-state index contributed by atoms with van der Waals surface area (Å²) in [6.07, 6.45) is 7.83. The molecule has 0 aromatic carbocycles. The van der Waals surface area contributed by atoms with Crippen LogP contribution in [-0.2, 0) is 4.79 Å². The summed E-state index contributed by atoms with van der Waals surface area (Å²) in [5.74, 6) is -0.158. The van der Waals surface area contributed by atoms with Crippen molar-refractivity contribution in [1.82, 2.24) is 10.3 Å². The predicted octanol–water partition coefficient (Wildman–Crippen LogP) is 4.65. The monoisotopic (exact) mass is 357 g/mol. The van der Waals surface area contributed by atoms with E-state index >= 15 is 0 Å². The lowest BCUT2D eigenvalue weighted by Gasteiger charge is -2.22. The highest BCUT2D eigenvalue weighted by Gasteiger charge is 2.19. The molecular weight excluding hydrogens is 322 g/mol. The van der Waals surface area contributed by atoms with Crippen LogP contribution in [0, 0.1) is 0 Å². The van der Waals surface area contributed by atoms with Gasteiger partial charge in [-0.1, -0.05) is 53.9 Å². The summed E-state index contributed by atoms with van der Waals surface area (Å²) in [4.78, 5) is 16.2. The van der Waals surface area contributed by atoms with E-state index in [1.54, 1.807) is 11.3 Å². The number of aliphatic carboxylic acids is 1. The number of hydrogen-bond acceptors (Lipinski definition) is 5. The number of anilines is 1. The minimum atomic E-state index is -0.714. The van der Waals surface area contributed by atoms with E-state index in [4.69, 9.17) is 10.8 Å². The molecule has 0 spiro atoms. The van der Waals surface area contributed by atoms with E-state index in [1.807, 2.05) is 13.1 Å². The number of nitrogens with two attached hydrogens (primary N) is 1. The minimum Gasteiger partial charge on any atom is -0.480 e. The molecule has 0 saturated carbocycles. The maximum Gasteiger partial charge on any atom is 0.320 e. The first-order valence-corrected chi connectivity index (χ1v) is 9.87. The van der Waals surface area contributed by atoms with Crippen molar-refractivity contribution >= 4 is 22.4 Å². The van der Waals surface area contributed by atoms with E-state index in [0.29, 0.717) is 17.1 Å². The van der Waals surface area contributed by atoms with Gasteiger partial charge in [-0.15, -0.1) is 11.3 Å². The van der Waals surface area contributed by atoms with Crippen LogP contribution >= 0.6 is 11.3 Å². The molecule has 1 heterocycles. The first-order valence-electron chi connectivity index (χ1n) is 9.05. The smallest absolute Gasteiger partial charge is 0.320 e. The van der Waals surface area contributed by atoms with Crippen molar-refractivity contribution in [1.29, 1.82) is 0 Å². The third kappa shape index (κ3) is 9.88. The van der Waals surface area contributed by atoms with Crippen LogP contribution in [0.15, 0.2) is 6.20 Å². The van der Waals surface area contributed by atoms with Crippen LogP contribution in [0.5, 0.6) is 0 Å². The van der Waals surface area contributed by atoms with Gasteiger partial charge < -0.3 is 16.2 Å². The normalized spacial score (nSPS) is 12.1. The molecule has 6 heteroatoms. The lowest BCUT2D eigenvalue weighted by Crippen LogP contribution is -2.43. The average molecular weight is 358 g/mol. The predicted molar refractivity (Wildman–Crippen MR) is 104 cm³/mol. The summed E-state index contributed by atoms with van der Waals surface area (Å²) >= 11 is 1.56. The Labute approximate surface area is 151 Å². The van der Waals surface area contributed by atoms with Gasteiger partial charge in [0, 0.05) is 17.1 Å². The molecule has 0 aliphatic rings. The van der Waals surface area contributed by atoms with Crippen molar-refractivity contribution in [2.75, 3.05) is 5.73 Å². The maximum atomic E-state index is 11.0. The molecule has 1 atom stereocenters. The summed E-state index contributed by atoms with van der Waals surface area (Å²) in [7, 11) is 0. The zero-order valence-corrected chi connectivity index (χ0v) is 16.7. The van der Waals surface area contributed by atoms with Crippen molar-refractivity contribution in [2.24, 2.45) is 0 Å². The first kappa shape index (κ1) is 22.9. The standard InChI is InChI=1S/C12H25NO2.C6H10N2S/c1-4-7-10(8-5-2)13-11(9-6-3)12(14)15;1-4(2)5-3-8-6(7)9-5/h10-11,13H,4-9H2,1-3H3,(H,14,15);3-4H,1-2H3,(H2,7,8)/t11-;/m0./s1. The fourth-order valence-electron chi connectivity index (χ4n) is 2.43. The molecule has 140 valence electrons. The quantitative estimate of drug-likeness (QED) is 0.567. The van der Waals surface area contributed by atoms with Gasteiger partial charge in [0.1, 0.15) is 6.04 Å². The van der Waals surface area contributed by atoms with Crippen LogP contribution in [0.1, 0.15) is 83.9 Å².